The second-order valence-electron chi connectivity index (χ2n) is 8.91. The molecule has 2 aliphatic rings. The lowest BCUT2D eigenvalue weighted by atomic mass is 9.78. The molecular weight excluding hydrogens is 450 g/mol. The van der Waals surface area contributed by atoms with Crippen molar-refractivity contribution in [2.75, 3.05) is 6.61 Å². The zero-order chi connectivity index (χ0) is 24.4. The Labute approximate surface area is 201 Å². The first-order valence-corrected chi connectivity index (χ1v) is 11.5. The lowest BCUT2D eigenvalue weighted by Crippen LogP contribution is -2.45. The lowest BCUT2D eigenvalue weighted by molar-refractivity contribution is -0.138. The van der Waals surface area contributed by atoms with Gasteiger partial charge in [-0.25, -0.2) is 9.78 Å². The molecule has 9 heteroatoms. The molecule has 0 unspecified atom stereocenters. The summed E-state index contributed by atoms with van der Waals surface area (Å²) in [5.74, 6) is -1.01. The van der Waals surface area contributed by atoms with Crippen LogP contribution in [0.5, 0.6) is 0 Å². The van der Waals surface area contributed by atoms with Gasteiger partial charge in [0.2, 0.25) is 0 Å². The molecule has 0 aliphatic heterocycles. The number of nitrogens with zero attached hydrogens (tertiary/aromatic N) is 1. The summed E-state index contributed by atoms with van der Waals surface area (Å²) in [6, 6.07) is 16.1. The molecule has 0 spiro atoms. The predicted octanol–water partition coefficient (Wildman–Crippen LogP) is 3.70. The molecule has 180 valence electrons. The van der Waals surface area contributed by atoms with Gasteiger partial charge in [0.05, 0.1) is 6.54 Å². The smallest absolute Gasteiger partial charge is 0.407 e. The van der Waals surface area contributed by atoms with E-state index in [-0.39, 0.29) is 48.9 Å². The van der Waals surface area contributed by atoms with E-state index in [1.807, 2.05) is 36.4 Å². The Kier molecular flexibility index (Phi) is 6.22. The third kappa shape index (κ3) is 4.75. The molecule has 1 aromatic heterocycles. The van der Waals surface area contributed by atoms with E-state index in [9.17, 15) is 14.4 Å². The number of benzene rings is 2. The number of hydrogen-bond donors (Lipinski definition) is 3. The lowest BCUT2D eigenvalue weighted by Gasteiger charge is -2.34. The molecule has 0 saturated heterocycles. The molecule has 2 amide bonds. The summed E-state index contributed by atoms with van der Waals surface area (Å²) in [4.78, 5) is 39.7. The third-order valence-electron chi connectivity index (χ3n) is 6.63. The minimum atomic E-state index is -0.835. The molecule has 3 N–H and O–H groups in total. The van der Waals surface area contributed by atoms with Crippen LogP contribution in [-0.4, -0.2) is 40.7 Å². The van der Waals surface area contributed by atoms with E-state index >= 15 is 0 Å². The van der Waals surface area contributed by atoms with Gasteiger partial charge in [0.25, 0.3) is 5.91 Å². The molecule has 3 aromatic rings. The van der Waals surface area contributed by atoms with Crippen molar-refractivity contribution in [3.8, 4) is 11.1 Å². The summed E-state index contributed by atoms with van der Waals surface area (Å²) in [7, 11) is 0. The first-order valence-electron chi connectivity index (χ1n) is 11.5. The summed E-state index contributed by atoms with van der Waals surface area (Å²) in [5.41, 5.74) is 4.63. The molecule has 1 saturated carbocycles. The molecule has 5 rings (SSSR count). The number of carbonyl (C=O) groups is 3. The molecule has 1 heterocycles. The summed E-state index contributed by atoms with van der Waals surface area (Å²) >= 11 is 0. The standard InChI is InChI=1S/C26H25N3O6/c30-23(31)11-15-9-16(10-15)29-25(32)24-22(35-14-28-24)12-27-26(33)34-13-21-19-7-3-1-5-17(19)18-6-2-4-8-20(18)21/h1-8,14-16,21H,9-13H2,(H,27,33)(H,29,32)(H,30,31). The second kappa shape index (κ2) is 9.61. The molecule has 2 aromatic carbocycles. The highest BCUT2D eigenvalue weighted by atomic mass is 16.5. The van der Waals surface area contributed by atoms with Gasteiger partial charge in [0.15, 0.2) is 17.8 Å². The number of amides is 2. The van der Waals surface area contributed by atoms with Crippen LogP contribution >= 0.6 is 0 Å². The fraction of sp³-hybridized carbons (Fsp3) is 0.308. The highest BCUT2D eigenvalue weighted by Gasteiger charge is 2.33. The van der Waals surface area contributed by atoms with Crippen molar-refractivity contribution in [2.24, 2.45) is 5.92 Å². The Morgan fingerprint density at radius 3 is 2.34 bits per heavy atom. The van der Waals surface area contributed by atoms with Crippen LogP contribution in [0.4, 0.5) is 4.79 Å². The van der Waals surface area contributed by atoms with Gasteiger partial charge in [-0.1, -0.05) is 48.5 Å². The van der Waals surface area contributed by atoms with E-state index in [0.717, 1.165) is 28.6 Å². The van der Waals surface area contributed by atoms with Gasteiger partial charge in [-0.15, -0.1) is 0 Å². The van der Waals surface area contributed by atoms with E-state index in [1.54, 1.807) is 0 Å². The Hall–Kier alpha value is -4.14. The summed E-state index contributed by atoms with van der Waals surface area (Å²) in [6.45, 7) is 0.133. The van der Waals surface area contributed by atoms with Crippen LogP contribution in [-0.2, 0) is 16.1 Å². The first-order chi connectivity index (χ1) is 17.0. The van der Waals surface area contributed by atoms with E-state index < -0.39 is 18.0 Å². The maximum Gasteiger partial charge on any atom is 0.407 e. The summed E-state index contributed by atoms with van der Waals surface area (Å²) in [5, 5.41) is 14.3. The Bertz CT molecular complexity index is 1220. The van der Waals surface area contributed by atoms with Gasteiger partial charge in [-0.3, -0.25) is 9.59 Å². The van der Waals surface area contributed by atoms with Crippen molar-refractivity contribution in [1.29, 1.82) is 0 Å². The Balaban J connectivity index is 1.13. The Morgan fingerprint density at radius 2 is 1.69 bits per heavy atom. The zero-order valence-corrected chi connectivity index (χ0v) is 18.9. The molecule has 9 nitrogen and oxygen atoms in total. The van der Waals surface area contributed by atoms with Crippen molar-refractivity contribution < 1.29 is 28.6 Å². The number of oxazole rings is 1. The van der Waals surface area contributed by atoms with Crippen LogP contribution in [0.2, 0.25) is 0 Å². The van der Waals surface area contributed by atoms with Crippen LogP contribution in [0, 0.1) is 5.92 Å². The van der Waals surface area contributed by atoms with Gasteiger partial charge >= 0.3 is 12.1 Å². The van der Waals surface area contributed by atoms with Gasteiger partial charge in [0.1, 0.15) is 6.61 Å². The van der Waals surface area contributed by atoms with Crippen molar-refractivity contribution in [1.82, 2.24) is 15.6 Å². The fourth-order valence-electron chi connectivity index (χ4n) is 4.90. The maximum absolute atomic E-state index is 12.5. The number of alkyl carbamates (subject to hydrolysis) is 1. The molecule has 0 radical (unpaired) electrons. The Morgan fingerprint density at radius 1 is 1.03 bits per heavy atom. The summed E-state index contributed by atoms with van der Waals surface area (Å²) in [6.07, 6.45) is 1.86. The van der Waals surface area contributed by atoms with Crippen LogP contribution in [0.15, 0.2) is 59.3 Å². The first kappa shape index (κ1) is 22.6. The van der Waals surface area contributed by atoms with E-state index in [0.29, 0.717) is 12.8 Å². The number of aromatic nitrogens is 1. The number of nitrogens with one attached hydrogen (secondary N) is 2. The van der Waals surface area contributed by atoms with Crippen LogP contribution in [0.1, 0.15) is 52.6 Å². The maximum atomic E-state index is 12.5. The molecular formula is C26H25N3O6. The highest BCUT2D eigenvalue weighted by Crippen LogP contribution is 2.44. The van der Waals surface area contributed by atoms with Crippen molar-refractivity contribution in [3.63, 3.8) is 0 Å². The zero-order valence-electron chi connectivity index (χ0n) is 18.9. The largest absolute Gasteiger partial charge is 0.481 e. The molecule has 2 aliphatic carbocycles. The predicted molar refractivity (Wildman–Crippen MR) is 125 cm³/mol. The molecule has 35 heavy (non-hydrogen) atoms. The highest BCUT2D eigenvalue weighted by molar-refractivity contribution is 5.93. The van der Waals surface area contributed by atoms with Crippen molar-refractivity contribution in [3.05, 3.63) is 77.5 Å². The number of carboxylic acids is 1. The number of aliphatic carboxylic acids is 1. The number of carbonyl (C=O) groups excluding carboxylic acids is 2. The minimum Gasteiger partial charge on any atom is -0.481 e. The van der Waals surface area contributed by atoms with Crippen LogP contribution in [0.25, 0.3) is 11.1 Å². The van der Waals surface area contributed by atoms with Crippen molar-refractivity contribution >= 4 is 18.0 Å². The van der Waals surface area contributed by atoms with Crippen molar-refractivity contribution in [2.45, 2.75) is 37.8 Å². The van der Waals surface area contributed by atoms with Gasteiger partial charge < -0.3 is 24.9 Å². The summed E-state index contributed by atoms with van der Waals surface area (Å²) < 4.78 is 10.8. The normalized spacial score (nSPS) is 18.2. The fourth-order valence-corrected chi connectivity index (χ4v) is 4.90. The average Bonchev–Trinajstić information content (AvgIpc) is 3.42. The van der Waals surface area contributed by atoms with E-state index in [2.05, 4.69) is 27.8 Å². The number of carboxylic acid groups (broad SMARTS) is 1. The average molecular weight is 476 g/mol. The second-order valence-corrected chi connectivity index (χ2v) is 8.91. The number of fused-ring (bicyclic) bond motifs is 3. The van der Waals surface area contributed by atoms with Gasteiger partial charge in [-0.05, 0) is 41.0 Å². The quantitative estimate of drug-likeness (QED) is 0.453. The van der Waals surface area contributed by atoms with Gasteiger partial charge in [-0.2, -0.15) is 0 Å². The molecule has 0 bridgehead atoms. The van der Waals surface area contributed by atoms with Gasteiger partial charge in [0, 0.05) is 18.4 Å². The SMILES string of the molecule is O=C(O)CC1CC(NC(=O)c2ncoc2CNC(=O)OCC2c3ccccc3-c3ccccc32)C1. The topological polar surface area (TPSA) is 131 Å². The monoisotopic (exact) mass is 475 g/mol. The van der Waals surface area contributed by atoms with Crippen LogP contribution in [0.3, 0.4) is 0 Å². The molecule has 0 atom stereocenters. The number of hydrogen-bond acceptors (Lipinski definition) is 6. The van der Waals surface area contributed by atoms with E-state index in [4.69, 9.17) is 14.3 Å². The number of rotatable bonds is 8. The number of ether oxygens (including phenoxy) is 1. The van der Waals surface area contributed by atoms with Crippen LogP contribution < -0.4 is 10.6 Å². The van der Waals surface area contributed by atoms with E-state index in [1.165, 1.54) is 0 Å². The minimum absolute atomic E-state index is 0.0489. The molecule has 1 fully saturated rings. The third-order valence-corrected chi connectivity index (χ3v) is 6.63.